The monoisotopic (exact) mass is 616 g/mol. The number of amides is 2. The lowest BCUT2D eigenvalue weighted by Crippen LogP contribution is -2.56. The summed E-state index contributed by atoms with van der Waals surface area (Å²) in [6.45, 7) is 10.7. The van der Waals surface area contributed by atoms with Crippen LogP contribution in [0.2, 0.25) is 0 Å². The molecular weight excluding hydrogens is 568 g/mol. The summed E-state index contributed by atoms with van der Waals surface area (Å²) in [6, 6.07) is 13.1. The first kappa shape index (κ1) is 32.9. The number of unbranched alkanes of at least 4 members (excludes halogenated alkanes) is 5. The molecule has 1 spiro atoms. The molecule has 8 nitrogen and oxygen atoms in total. The molecule has 0 aromatic heterocycles. The van der Waals surface area contributed by atoms with E-state index in [-0.39, 0.29) is 31.6 Å². The predicted molar refractivity (Wildman–Crippen MR) is 176 cm³/mol. The third-order valence-electron chi connectivity index (χ3n) is 10.1. The quantitative estimate of drug-likeness (QED) is 0.134. The number of carbonyl (C=O) groups is 3. The van der Waals surface area contributed by atoms with Crippen molar-refractivity contribution in [3.05, 3.63) is 67.8 Å². The highest BCUT2D eigenvalue weighted by molar-refractivity contribution is 6.05. The van der Waals surface area contributed by atoms with E-state index in [0.29, 0.717) is 38.6 Å². The van der Waals surface area contributed by atoms with E-state index >= 15 is 0 Å². The Morgan fingerprint density at radius 1 is 1.04 bits per heavy atom. The summed E-state index contributed by atoms with van der Waals surface area (Å²) in [5, 5.41) is 11.3. The number of nitrogens with zero attached hydrogens (tertiary/aromatic N) is 2. The molecule has 3 aliphatic rings. The Morgan fingerprint density at radius 2 is 1.82 bits per heavy atom. The molecule has 242 valence electrons. The van der Waals surface area contributed by atoms with Gasteiger partial charge in [0.25, 0.3) is 5.91 Å². The first-order chi connectivity index (χ1) is 21.9. The average Bonchev–Trinajstić information content (AvgIpc) is 3.66. The first-order valence-corrected chi connectivity index (χ1v) is 16.7. The maximum absolute atomic E-state index is 14.9. The molecule has 2 bridgehead atoms. The number of allylic oxidation sites excluding steroid dienone is 1. The van der Waals surface area contributed by atoms with Gasteiger partial charge in [-0.25, -0.2) is 0 Å². The molecule has 2 unspecified atom stereocenters. The van der Waals surface area contributed by atoms with E-state index in [2.05, 4.69) is 13.2 Å². The number of aliphatic hydroxyl groups is 1. The largest absolute Gasteiger partial charge is 0.465 e. The molecule has 1 N–H and O–H groups in total. The number of aliphatic hydroxyl groups excluding tert-OH is 1. The molecule has 2 aromatic rings. The number of ether oxygens (including phenoxy) is 2. The lowest BCUT2D eigenvalue weighted by Gasteiger charge is -2.37. The van der Waals surface area contributed by atoms with Crippen molar-refractivity contribution in [1.82, 2.24) is 4.90 Å². The van der Waals surface area contributed by atoms with Gasteiger partial charge in [-0.2, -0.15) is 0 Å². The minimum Gasteiger partial charge on any atom is -0.465 e. The second kappa shape index (κ2) is 14.3. The van der Waals surface area contributed by atoms with Crippen molar-refractivity contribution in [2.24, 2.45) is 11.8 Å². The van der Waals surface area contributed by atoms with E-state index in [4.69, 9.17) is 9.47 Å². The van der Waals surface area contributed by atoms with Gasteiger partial charge in [0.05, 0.1) is 18.1 Å². The highest BCUT2D eigenvalue weighted by Crippen LogP contribution is 2.64. The maximum Gasteiger partial charge on any atom is 0.312 e. The zero-order valence-electron chi connectivity index (χ0n) is 26.6. The van der Waals surface area contributed by atoms with Crippen LogP contribution in [0.4, 0.5) is 5.69 Å². The van der Waals surface area contributed by atoms with Crippen LogP contribution >= 0.6 is 0 Å². The van der Waals surface area contributed by atoms with Crippen LogP contribution in [0, 0.1) is 11.8 Å². The lowest BCUT2D eigenvalue weighted by molar-refractivity contribution is -0.161. The topological polar surface area (TPSA) is 96.4 Å². The van der Waals surface area contributed by atoms with Crippen molar-refractivity contribution < 1.29 is 29.0 Å². The van der Waals surface area contributed by atoms with E-state index in [9.17, 15) is 19.5 Å². The smallest absolute Gasteiger partial charge is 0.312 e. The van der Waals surface area contributed by atoms with Crippen LogP contribution in [0.25, 0.3) is 10.8 Å². The molecule has 0 aliphatic carbocycles. The highest BCUT2D eigenvalue weighted by Gasteiger charge is 2.79. The Bertz CT molecular complexity index is 1410. The number of likely N-dealkylation sites (tertiary alicyclic amines) is 1. The van der Waals surface area contributed by atoms with Gasteiger partial charge in [0.1, 0.15) is 17.6 Å². The molecule has 3 heterocycles. The Kier molecular flexibility index (Phi) is 10.4. The number of hydrogen-bond donors (Lipinski definition) is 1. The Morgan fingerprint density at radius 3 is 2.56 bits per heavy atom. The van der Waals surface area contributed by atoms with Gasteiger partial charge in [-0.05, 0) is 74.3 Å². The van der Waals surface area contributed by atoms with E-state index in [1.165, 1.54) is 0 Å². The molecule has 0 saturated carbocycles. The van der Waals surface area contributed by atoms with E-state index in [0.717, 1.165) is 48.6 Å². The molecular formula is C37H48N2O6. The Hall–Kier alpha value is -3.49. The number of hydrogen-bond acceptors (Lipinski definition) is 6. The van der Waals surface area contributed by atoms with Crippen LogP contribution < -0.4 is 4.90 Å². The molecule has 2 amide bonds. The summed E-state index contributed by atoms with van der Waals surface area (Å²) < 4.78 is 12.7. The molecule has 2 aromatic carbocycles. The molecule has 45 heavy (non-hydrogen) atoms. The van der Waals surface area contributed by atoms with Crippen molar-refractivity contribution in [3.63, 3.8) is 0 Å². The van der Waals surface area contributed by atoms with Crippen molar-refractivity contribution in [2.45, 2.75) is 88.4 Å². The third kappa shape index (κ3) is 6.07. The van der Waals surface area contributed by atoms with Crippen molar-refractivity contribution >= 4 is 34.2 Å². The SMILES string of the molecule is C=CCCCCOC(=O)[C@@H]1[C@H]2C(=O)N(CCCCCCO)C(C(=O)N(CC=C)c3ccc4ccccc4c3)C23CC[C@@]1(CC)O3. The second-order valence-corrected chi connectivity index (χ2v) is 12.7. The molecule has 3 fully saturated rings. The lowest BCUT2D eigenvalue weighted by atomic mass is 9.65. The fourth-order valence-electron chi connectivity index (χ4n) is 7.94. The van der Waals surface area contributed by atoms with Crippen molar-refractivity contribution in [3.8, 4) is 0 Å². The average molecular weight is 617 g/mol. The van der Waals surface area contributed by atoms with Gasteiger partial charge in [-0.1, -0.05) is 62.2 Å². The molecule has 3 saturated heterocycles. The van der Waals surface area contributed by atoms with Gasteiger partial charge in [0.15, 0.2) is 0 Å². The summed E-state index contributed by atoms with van der Waals surface area (Å²) in [6.07, 6.45) is 10.7. The number of rotatable bonds is 17. The fourth-order valence-corrected chi connectivity index (χ4v) is 7.94. The number of carbonyl (C=O) groups excluding carboxylic acids is 3. The molecule has 0 radical (unpaired) electrons. The zero-order chi connectivity index (χ0) is 32.0. The summed E-state index contributed by atoms with van der Waals surface area (Å²) in [5.74, 6) is -2.35. The number of anilines is 1. The van der Waals surface area contributed by atoms with Gasteiger partial charge in [-0.3, -0.25) is 14.4 Å². The highest BCUT2D eigenvalue weighted by atomic mass is 16.6. The van der Waals surface area contributed by atoms with Crippen molar-refractivity contribution in [1.29, 1.82) is 0 Å². The van der Waals surface area contributed by atoms with Gasteiger partial charge < -0.3 is 24.4 Å². The minimum atomic E-state index is -1.11. The minimum absolute atomic E-state index is 0.127. The standard InChI is InChI=1S/C37H48N2O6/c1-4-7-8-15-25-44-35(43)31-30-33(41)39(23-13-9-10-14-24-40)32(37(30)21-20-36(31,6-3)45-37)34(42)38(22-5-2)29-19-18-27-16-11-12-17-28(27)26-29/h4-5,11-12,16-19,26,30-32,40H,1-2,6-10,13-15,20-25H2,3H3/t30-,31-,32?,36+,37?/m0/s1. The molecule has 5 atom stereocenters. The van der Waals surface area contributed by atoms with Crippen LogP contribution in [0.3, 0.4) is 0 Å². The van der Waals surface area contributed by atoms with Crippen LogP contribution in [-0.4, -0.2) is 71.3 Å². The van der Waals surface area contributed by atoms with Crippen molar-refractivity contribution in [2.75, 3.05) is 31.2 Å². The van der Waals surface area contributed by atoms with Gasteiger partial charge in [-0.15, -0.1) is 13.2 Å². The Labute approximate surface area is 267 Å². The molecule has 8 heteroatoms. The summed E-state index contributed by atoms with van der Waals surface area (Å²) in [4.78, 5) is 46.5. The summed E-state index contributed by atoms with van der Waals surface area (Å²) >= 11 is 0. The second-order valence-electron chi connectivity index (χ2n) is 12.7. The van der Waals surface area contributed by atoms with E-state index < -0.39 is 35.0 Å². The van der Waals surface area contributed by atoms with Crippen LogP contribution in [0.1, 0.15) is 71.1 Å². The fraction of sp³-hybridized carbons (Fsp3) is 0.541. The normalized spacial score (nSPS) is 26.7. The van der Waals surface area contributed by atoms with Crippen LogP contribution in [-0.2, 0) is 23.9 Å². The molecule has 5 rings (SSSR count). The number of fused-ring (bicyclic) bond motifs is 2. The van der Waals surface area contributed by atoms with Gasteiger partial charge in [0, 0.05) is 25.4 Å². The maximum atomic E-state index is 14.9. The van der Waals surface area contributed by atoms with E-state index in [1.54, 1.807) is 15.9 Å². The van der Waals surface area contributed by atoms with Gasteiger partial charge >= 0.3 is 5.97 Å². The van der Waals surface area contributed by atoms with Crippen LogP contribution in [0.15, 0.2) is 67.8 Å². The number of esters is 1. The Balaban J connectivity index is 1.50. The van der Waals surface area contributed by atoms with Crippen LogP contribution in [0.5, 0.6) is 0 Å². The zero-order valence-corrected chi connectivity index (χ0v) is 26.6. The first-order valence-electron chi connectivity index (χ1n) is 16.7. The third-order valence-corrected chi connectivity index (χ3v) is 10.1. The number of benzene rings is 2. The van der Waals surface area contributed by atoms with E-state index in [1.807, 2.05) is 55.5 Å². The molecule has 3 aliphatic heterocycles. The predicted octanol–water partition coefficient (Wildman–Crippen LogP) is 5.97. The summed E-state index contributed by atoms with van der Waals surface area (Å²) in [7, 11) is 0. The summed E-state index contributed by atoms with van der Waals surface area (Å²) in [5.41, 5.74) is -1.23. The van der Waals surface area contributed by atoms with Gasteiger partial charge in [0.2, 0.25) is 5.91 Å².